The molecule has 0 spiro atoms. The van der Waals surface area contributed by atoms with Crippen LogP contribution in [0.5, 0.6) is 0 Å². The van der Waals surface area contributed by atoms with Crippen molar-refractivity contribution in [3.63, 3.8) is 0 Å². The van der Waals surface area contributed by atoms with Crippen LogP contribution in [0.1, 0.15) is 32.1 Å². The minimum absolute atomic E-state index is 0.732. The van der Waals surface area contributed by atoms with Gasteiger partial charge in [-0.1, -0.05) is 6.08 Å². The zero-order chi connectivity index (χ0) is 10.1. The van der Waals surface area contributed by atoms with Crippen LogP contribution in [0.2, 0.25) is 0 Å². The summed E-state index contributed by atoms with van der Waals surface area (Å²) < 4.78 is 5.43. The van der Waals surface area contributed by atoms with Crippen molar-refractivity contribution in [3.8, 4) is 0 Å². The molecule has 2 aliphatic carbocycles. The second-order valence-corrected chi connectivity index (χ2v) is 5.44. The zero-order valence-corrected chi connectivity index (χ0v) is 9.43. The van der Waals surface area contributed by atoms with Crippen LogP contribution in [0.25, 0.3) is 0 Å². The van der Waals surface area contributed by atoms with Crippen LogP contribution in [-0.4, -0.2) is 26.3 Å². The van der Waals surface area contributed by atoms with Gasteiger partial charge in [-0.3, -0.25) is 0 Å². The molecule has 2 heteroatoms. The molecule has 1 aliphatic heterocycles. The summed E-state index contributed by atoms with van der Waals surface area (Å²) in [4.78, 5) is 0. The van der Waals surface area contributed by atoms with Crippen molar-refractivity contribution < 1.29 is 4.74 Å². The van der Waals surface area contributed by atoms with Gasteiger partial charge in [0.1, 0.15) is 0 Å². The predicted molar refractivity (Wildman–Crippen MR) is 60.8 cm³/mol. The quantitative estimate of drug-likeness (QED) is 0.697. The van der Waals surface area contributed by atoms with Gasteiger partial charge in [-0.2, -0.15) is 0 Å². The van der Waals surface area contributed by atoms with Gasteiger partial charge in [0.15, 0.2) is 0 Å². The van der Waals surface area contributed by atoms with Gasteiger partial charge in [0, 0.05) is 13.1 Å². The van der Waals surface area contributed by atoms with Crippen LogP contribution in [0.4, 0.5) is 0 Å². The molecule has 0 atom stereocenters. The molecule has 2 saturated carbocycles. The van der Waals surface area contributed by atoms with Gasteiger partial charge in [-0.15, -0.1) is 0 Å². The first-order valence-corrected chi connectivity index (χ1v) is 6.35. The summed E-state index contributed by atoms with van der Waals surface area (Å²) >= 11 is 0. The van der Waals surface area contributed by atoms with E-state index in [1.165, 1.54) is 37.8 Å². The van der Waals surface area contributed by atoms with E-state index in [1.807, 2.05) is 0 Å². The third-order valence-electron chi connectivity index (χ3n) is 4.15. The average Bonchev–Trinajstić information content (AvgIpc) is 3.14. The molecule has 0 aromatic carbocycles. The molecule has 0 unspecified atom stereocenters. The average molecular weight is 207 g/mol. The van der Waals surface area contributed by atoms with Gasteiger partial charge in [-0.05, 0) is 49.0 Å². The summed E-state index contributed by atoms with van der Waals surface area (Å²) in [6.45, 7) is 4.06. The molecule has 84 valence electrons. The maximum Gasteiger partial charge on any atom is 0.0689 e. The summed E-state index contributed by atoms with van der Waals surface area (Å²) in [5, 5.41) is 3.63. The molecule has 1 N–H and O–H groups in total. The molecule has 0 amide bonds. The van der Waals surface area contributed by atoms with E-state index < -0.39 is 0 Å². The molecule has 0 saturated heterocycles. The van der Waals surface area contributed by atoms with Crippen molar-refractivity contribution in [2.45, 2.75) is 32.1 Å². The van der Waals surface area contributed by atoms with Crippen molar-refractivity contribution in [1.29, 1.82) is 0 Å². The van der Waals surface area contributed by atoms with Crippen molar-refractivity contribution in [2.24, 2.45) is 11.3 Å². The third kappa shape index (κ3) is 2.26. The highest BCUT2D eigenvalue weighted by Gasteiger charge is 2.53. The fourth-order valence-corrected chi connectivity index (χ4v) is 2.79. The molecule has 0 radical (unpaired) electrons. The number of nitrogens with one attached hydrogen (secondary N) is 1. The van der Waals surface area contributed by atoms with E-state index in [0.717, 1.165) is 37.5 Å². The number of ether oxygens (including phenoxy) is 1. The standard InChI is InChI=1S/C13H21NO/c1-2-11(9-15-7-1)8-14-10-13(5-6-13)12-3-4-12/h2,12,14H,1,3-10H2. The van der Waals surface area contributed by atoms with Crippen LogP contribution in [-0.2, 0) is 4.74 Å². The number of hydrogen-bond donors (Lipinski definition) is 1. The third-order valence-corrected chi connectivity index (χ3v) is 4.15. The summed E-state index contributed by atoms with van der Waals surface area (Å²) in [6, 6.07) is 0. The summed E-state index contributed by atoms with van der Waals surface area (Å²) in [5.41, 5.74) is 2.18. The van der Waals surface area contributed by atoms with Crippen LogP contribution in [0, 0.1) is 11.3 Å². The van der Waals surface area contributed by atoms with E-state index in [1.54, 1.807) is 0 Å². The highest BCUT2D eigenvalue weighted by Crippen LogP contribution is 2.60. The predicted octanol–water partition coefficient (Wildman–Crippen LogP) is 2.11. The lowest BCUT2D eigenvalue weighted by molar-refractivity contribution is 0.148. The zero-order valence-electron chi connectivity index (χ0n) is 9.43. The SMILES string of the molecule is C1=C(CNCC2(C3CC3)CC2)COCC1. The Morgan fingerprint density at radius 3 is 2.87 bits per heavy atom. The lowest BCUT2D eigenvalue weighted by atomic mass is 10.0. The Bertz CT molecular complexity index is 264. The summed E-state index contributed by atoms with van der Waals surface area (Å²) in [5.74, 6) is 1.07. The highest BCUT2D eigenvalue weighted by molar-refractivity contribution is 5.09. The lowest BCUT2D eigenvalue weighted by Gasteiger charge is -2.18. The van der Waals surface area contributed by atoms with E-state index in [0.29, 0.717) is 0 Å². The molecular formula is C13H21NO. The molecule has 3 rings (SSSR count). The molecule has 0 aromatic rings. The molecule has 1 heterocycles. The summed E-state index contributed by atoms with van der Waals surface area (Å²) in [7, 11) is 0. The van der Waals surface area contributed by atoms with Crippen LogP contribution < -0.4 is 5.32 Å². The van der Waals surface area contributed by atoms with Crippen LogP contribution >= 0.6 is 0 Å². The molecular weight excluding hydrogens is 186 g/mol. The Labute approximate surface area is 92.1 Å². The second-order valence-electron chi connectivity index (χ2n) is 5.44. The highest BCUT2D eigenvalue weighted by atomic mass is 16.5. The molecule has 3 aliphatic rings. The lowest BCUT2D eigenvalue weighted by Crippen LogP contribution is -2.28. The molecule has 15 heavy (non-hydrogen) atoms. The molecule has 2 fully saturated rings. The minimum atomic E-state index is 0.732. The van der Waals surface area contributed by atoms with Crippen LogP contribution in [0.3, 0.4) is 0 Å². The fraction of sp³-hybridized carbons (Fsp3) is 0.846. The molecule has 2 nitrogen and oxygen atoms in total. The maximum atomic E-state index is 5.43. The fourth-order valence-electron chi connectivity index (χ4n) is 2.79. The van der Waals surface area contributed by atoms with E-state index in [4.69, 9.17) is 4.74 Å². The summed E-state index contributed by atoms with van der Waals surface area (Å²) in [6.07, 6.45) is 9.37. The van der Waals surface area contributed by atoms with Crippen molar-refractivity contribution >= 4 is 0 Å². The number of hydrogen-bond acceptors (Lipinski definition) is 2. The first-order chi connectivity index (χ1) is 7.39. The topological polar surface area (TPSA) is 21.3 Å². The molecule has 0 aromatic heterocycles. The van der Waals surface area contributed by atoms with E-state index in [-0.39, 0.29) is 0 Å². The van der Waals surface area contributed by atoms with Gasteiger partial charge >= 0.3 is 0 Å². The first-order valence-electron chi connectivity index (χ1n) is 6.35. The van der Waals surface area contributed by atoms with Gasteiger partial charge < -0.3 is 10.1 Å². The van der Waals surface area contributed by atoms with Crippen molar-refractivity contribution in [2.75, 3.05) is 26.3 Å². The minimum Gasteiger partial charge on any atom is -0.377 e. The van der Waals surface area contributed by atoms with E-state index in [9.17, 15) is 0 Å². The Hall–Kier alpha value is -0.340. The number of rotatable bonds is 5. The Kier molecular flexibility index (Phi) is 2.57. The van der Waals surface area contributed by atoms with E-state index >= 15 is 0 Å². The first kappa shape index (κ1) is 9.86. The van der Waals surface area contributed by atoms with E-state index in [2.05, 4.69) is 11.4 Å². The smallest absolute Gasteiger partial charge is 0.0689 e. The monoisotopic (exact) mass is 207 g/mol. The van der Waals surface area contributed by atoms with Gasteiger partial charge in [-0.25, -0.2) is 0 Å². The van der Waals surface area contributed by atoms with Gasteiger partial charge in [0.05, 0.1) is 13.2 Å². The molecule has 0 bridgehead atoms. The largest absolute Gasteiger partial charge is 0.377 e. The Morgan fingerprint density at radius 2 is 2.27 bits per heavy atom. The van der Waals surface area contributed by atoms with Gasteiger partial charge in [0.25, 0.3) is 0 Å². The van der Waals surface area contributed by atoms with Crippen molar-refractivity contribution in [3.05, 3.63) is 11.6 Å². The van der Waals surface area contributed by atoms with Crippen molar-refractivity contribution in [1.82, 2.24) is 5.32 Å². The van der Waals surface area contributed by atoms with Crippen LogP contribution in [0.15, 0.2) is 11.6 Å². The Morgan fingerprint density at radius 1 is 1.40 bits per heavy atom. The Balaban J connectivity index is 1.41. The second kappa shape index (κ2) is 3.91. The normalized spacial score (nSPS) is 28.7. The maximum absolute atomic E-state index is 5.43. The van der Waals surface area contributed by atoms with Gasteiger partial charge in [0.2, 0.25) is 0 Å².